The largest absolute Gasteiger partial charge is 0.455 e. The van der Waals surface area contributed by atoms with Crippen LogP contribution in [0.4, 0.5) is 0 Å². The molecule has 13 rings (SSSR count). The molecule has 0 atom stereocenters. The van der Waals surface area contributed by atoms with E-state index in [-0.39, 0.29) is 63.8 Å². The summed E-state index contributed by atoms with van der Waals surface area (Å²) in [7, 11) is 0. The van der Waals surface area contributed by atoms with Crippen molar-refractivity contribution in [3.63, 3.8) is 0 Å². The van der Waals surface area contributed by atoms with Crippen molar-refractivity contribution in [2.75, 3.05) is 0 Å². The maximum Gasteiger partial charge on any atom is 0.238 e. The van der Waals surface area contributed by atoms with Gasteiger partial charge in [0.1, 0.15) is 11.2 Å². The monoisotopic (exact) mass is 811 g/mol. The van der Waals surface area contributed by atoms with Crippen LogP contribution in [0, 0.1) is 0 Å². The van der Waals surface area contributed by atoms with E-state index in [4.69, 9.17) is 23.5 Å². The first-order chi connectivity index (χ1) is 33.7. The summed E-state index contributed by atoms with van der Waals surface area (Å²) in [5.74, 6) is 1.18. The molecular weight excluding hydrogens is 771 g/mol. The van der Waals surface area contributed by atoms with Crippen molar-refractivity contribution in [2.24, 2.45) is 0 Å². The van der Waals surface area contributed by atoms with Gasteiger partial charge in [0.05, 0.1) is 36.0 Å². The van der Waals surface area contributed by atoms with Gasteiger partial charge in [-0.3, -0.25) is 4.57 Å². The lowest BCUT2D eigenvalue weighted by atomic mass is 9.98. The molecule has 4 heterocycles. The van der Waals surface area contributed by atoms with Crippen LogP contribution in [0.1, 0.15) is 8.22 Å². The fraction of sp³-hybridized carbons (Fsp3) is 0. The standard InChI is InChI=1S/C57H35N5O/c1-3-17-36(18-4-1)39-25-16-31-51-53(39)45-24-9-13-30-49(45)62(51)57-59-55(37-19-5-2-6-20-37)58-56(60-57)38-33-34-50(61-47-28-11-7-21-40(47)41-22-8-12-29-48(41)61)46(35-38)44-27-15-26-43-42-23-10-14-32-52(42)63-54(43)44/h1-35H/i10D,15D,23D,26D,27D,32D. The Balaban J connectivity index is 1.14. The Bertz CT molecular complexity index is 4220. The summed E-state index contributed by atoms with van der Waals surface area (Å²) in [6.45, 7) is 0. The Morgan fingerprint density at radius 1 is 0.397 bits per heavy atom. The third-order valence-electron chi connectivity index (χ3n) is 12.0. The van der Waals surface area contributed by atoms with E-state index in [1.807, 2.05) is 115 Å². The quantitative estimate of drug-likeness (QED) is 0.168. The van der Waals surface area contributed by atoms with Crippen LogP contribution in [0.5, 0.6) is 0 Å². The summed E-state index contributed by atoms with van der Waals surface area (Å²) in [6.07, 6.45) is 0. The van der Waals surface area contributed by atoms with Crippen LogP contribution >= 0.6 is 0 Å². The first-order valence-corrected chi connectivity index (χ1v) is 20.7. The van der Waals surface area contributed by atoms with E-state index in [2.05, 4.69) is 63.7 Å². The molecule has 63 heavy (non-hydrogen) atoms. The molecular formula is C57H35N5O. The average Bonchev–Trinajstić information content (AvgIpc) is 4.07. The first kappa shape index (κ1) is 29.6. The van der Waals surface area contributed by atoms with E-state index in [0.29, 0.717) is 34.4 Å². The first-order valence-electron chi connectivity index (χ1n) is 23.7. The number of hydrogen-bond acceptors (Lipinski definition) is 4. The smallest absolute Gasteiger partial charge is 0.238 e. The van der Waals surface area contributed by atoms with Crippen LogP contribution in [-0.4, -0.2) is 24.1 Å². The lowest BCUT2D eigenvalue weighted by Crippen LogP contribution is -2.07. The number of rotatable bonds is 6. The number of nitrogens with zero attached hydrogens (tertiary/aromatic N) is 5. The van der Waals surface area contributed by atoms with Crippen LogP contribution in [-0.2, 0) is 0 Å². The van der Waals surface area contributed by atoms with Crippen LogP contribution in [0.2, 0.25) is 0 Å². The molecule has 294 valence electrons. The van der Waals surface area contributed by atoms with E-state index < -0.39 is 0 Å². The topological polar surface area (TPSA) is 61.7 Å². The fourth-order valence-corrected chi connectivity index (χ4v) is 9.22. The molecule has 13 aromatic rings. The zero-order chi connectivity index (χ0) is 46.7. The van der Waals surface area contributed by atoms with Crippen molar-refractivity contribution in [3.05, 3.63) is 212 Å². The molecule has 0 amide bonds. The molecule has 4 aromatic heterocycles. The zero-order valence-electron chi connectivity index (χ0n) is 39.4. The molecule has 0 saturated heterocycles. The molecule has 9 aromatic carbocycles. The highest BCUT2D eigenvalue weighted by atomic mass is 16.3. The van der Waals surface area contributed by atoms with Gasteiger partial charge in [0, 0.05) is 54.6 Å². The van der Waals surface area contributed by atoms with Crippen molar-refractivity contribution < 1.29 is 12.6 Å². The van der Waals surface area contributed by atoms with Crippen LogP contribution in [0.3, 0.4) is 0 Å². The predicted octanol–water partition coefficient (Wildman–Crippen LogP) is 14.6. The van der Waals surface area contributed by atoms with E-state index >= 15 is 0 Å². The third kappa shape index (κ3) is 5.48. The highest BCUT2D eigenvalue weighted by molar-refractivity contribution is 6.16. The average molecular weight is 812 g/mol. The molecule has 0 aliphatic carbocycles. The molecule has 0 unspecified atom stereocenters. The number of aromatic nitrogens is 5. The Kier molecular flexibility index (Phi) is 6.56. The molecule has 0 bridgehead atoms. The van der Waals surface area contributed by atoms with Gasteiger partial charge in [0.15, 0.2) is 11.6 Å². The van der Waals surface area contributed by atoms with Crippen LogP contribution in [0.25, 0.3) is 122 Å². The Hall–Kier alpha value is -8.61. The fourth-order valence-electron chi connectivity index (χ4n) is 9.22. The summed E-state index contributed by atoms with van der Waals surface area (Å²) >= 11 is 0. The lowest BCUT2D eigenvalue weighted by molar-refractivity contribution is 0.670. The van der Waals surface area contributed by atoms with Gasteiger partial charge in [0.25, 0.3) is 0 Å². The second-order valence-corrected chi connectivity index (χ2v) is 15.5. The maximum absolute atomic E-state index is 9.66. The van der Waals surface area contributed by atoms with Crippen molar-refractivity contribution in [3.8, 4) is 56.7 Å². The zero-order valence-corrected chi connectivity index (χ0v) is 33.4. The van der Waals surface area contributed by atoms with Gasteiger partial charge in [-0.25, -0.2) is 4.98 Å². The number of para-hydroxylation sites is 5. The summed E-state index contributed by atoms with van der Waals surface area (Å²) in [5.41, 5.74) is 8.55. The van der Waals surface area contributed by atoms with Crippen LogP contribution in [0.15, 0.2) is 217 Å². The number of furan rings is 1. The Morgan fingerprint density at radius 3 is 1.76 bits per heavy atom. The molecule has 0 N–H and O–H groups in total. The minimum absolute atomic E-state index is 0.0107. The third-order valence-corrected chi connectivity index (χ3v) is 12.0. The highest BCUT2D eigenvalue weighted by Crippen LogP contribution is 2.43. The second kappa shape index (κ2) is 14.0. The Labute approximate surface area is 370 Å². The molecule has 0 radical (unpaired) electrons. The van der Waals surface area contributed by atoms with Gasteiger partial charge in [0.2, 0.25) is 5.95 Å². The van der Waals surface area contributed by atoms with E-state index in [1.165, 1.54) is 6.07 Å². The molecule has 0 aliphatic rings. The number of hydrogen-bond donors (Lipinski definition) is 0. The lowest BCUT2D eigenvalue weighted by Gasteiger charge is -2.16. The normalized spacial score (nSPS) is 13.1. The summed E-state index contributed by atoms with van der Waals surface area (Å²) in [6, 6.07) is 56.4. The van der Waals surface area contributed by atoms with E-state index in [0.717, 1.165) is 60.3 Å². The molecule has 0 aliphatic heterocycles. The van der Waals surface area contributed by atoms with Crippen LogP contribution < -0.4 is 0 Å². The van der Waals surface area contributed by atoms with Gasteiger partial charge in [-0.2, -0.15) is 9.97 Å². The van der Waals surface area contributed by atoms with Gasteiger partial charge < -0.3 is 8.98 Å². The number of benzene rings is 9. The van der Waals surface area contributed by atoms with Crippen molar-refractivity contribution in [1.29, 1.82) is 0 Å². The van der Waals surface area contributed by atoms with Crippen molar-refractivity contribution in [2.45, 2.75) is 0 Å². The van der Waals surface area contributed by atoms with Gasteiger partial charge in [-0.05, 0) is 59.6 Å². The molecule has 6 nitrogen and oxygen atoms in total. The van der Waals surface area contributed by atoms with Crippen molar-refractivity contribution in [1.82, 2.24) is 24.1 Å². The Morgan fingerprint density at radius 2 is 1.02 bits per heavy atom. The van der Waals surface area contributed by atoms with E-state index in [1.54, 1.807) is 0 Å². The van der Waals surface area contributed by atoms with Crippen molar-refractivity contribution >= 4 is 65.6 Å². The maximum atomic E-state index is 9.66. The summed E-state index contributed by atoms with van der Waals surface area (Å²) in [4.78, 5) is 15.7. The SMILES string of the molecule is [2H]c1cc([2H])c2oc3c(-c4cc(-c5nc(-c6ccccc6)nc(-n6c7ccccc7c7c(-c8ccccc8)cccc76)n5)ccc4-n4c5ccccc5c5ccccc54)c([2H])c([2H])c([2H])c3c2c1[2H]. The molecule has 6 heteroatoms. The molecule has 0 saturated carbocycles. The summed E-state index contributed by atoms with van der Waals surface area (Å²) in [5, 5.41) is 4.33. The molecule has 0 fully saturated rings. The van der Waals surface area contributed by atoms with Gasteiger partial charge in [-0.15, -0.1) is 0 Å². The minimum atomic E-state index is -0.380. The molecule has 0 spiro atoms. The number of fused-ring (bicyclic) bond motifs is 9. The second-order valence-electron chi connectivity index (χ2n) is 15.5. The highest BCUT2D eigenvalue weighted by Gasteiger charge is 2.23. The predicted molar refractivity (Wildman–Crippen MR) is 258 cm³/mol. The van der Waals surface area contributed by atoms with Gasteiger partial charge >= 0.3 is 0 Å². The van der Waals surface area contributed by atoms with E-state index in [9.17, 15) is 4.11 Å². The minimum Gasteiger partial charge on any atom is -0.455 e. The van der Waals surface area contributed by atoms with Gasteiger partial charge in [-0.1, -0.05) is 164 Å². The summed E-state index contributed by atoms with van der Waals surface area (Å²) < 4.78 is 65.1.